The number of hydrogen-bond acceptors (Lipinski definition) is 5. The fourth-order valence-corrected chi connectivity index (χ4v) is 5.22. The van der Waals surface area contributed by atoms with Crippen molar-refractivity contribution < 1.29 is 13.2 Å². The highest BCUT2D eigenvalue weighted by Gasteiger charge is 2.33. The van der Waals surface area contributed by atoms with Gasteiger partial charge in [-0.25, -0.2) is 18.1 Å². The number of halogens is 1. The molecule has 1 saturated carbocycles. The maximum Gasteiger partial charge on any atom is 0.208 e. The summed E-state index contributed by atoms with van der Waals surface area (Å²) in [5, 5.41) is 0. The van der Waals surface area contributed by atoms with Crippen LogP contribution in [0.15, 0.2) is 24.4 Å². The van der Waals surface area contributed by atoms with E-state index in [1.165, 1.54) is 6.26 Å². The molecule has 26 heavy (non-hydrogen) atoms. The van der Waals surface area contributed by atoms with Gasteiger partial charge in [0.1, 0.15) is 5.82 Å². The van der Waals surface area contributed by atoms with E-state index in [1.807, 2.05) is 18.2 Å². The lowest BCUT2D eigenvalue weighted by molar-refractivity contribution is 0.00181. The molecule has 1 N–H and O–H groups in total. The summed E-state index contributed by atoms with van der Waals surface area (Å²) in [5.74, 6) is 1.05. The summed E-state index contributed by atoms with van der Waals surface area (Å²) < 4.78 is 32.5. The molecule has 8 heteroatoms. The Morgan fingerprint density at radius 3 is 2.69 bits per heavy atom. The van der Waals surface area contributed by atoms with E-state index < -0.39 is 10.0 Å². The molecule has 0 spiro atoms. The molecule has 0 radical (unpaired) electrons. The van der Waals surface area contributed by atoms with Crippen LogP contribution in [-0.4, -0.2) is 56.3 Å². The van der Waals surface area contributed by atoms with E-state index in [0.29, 0.717) is 11.4 Å². The molecule has 0 unspecified atom stereocenters. The molecule has 0 bridgehead atoms. The quantitative estimate of drug-likeness (QED) is 0.681. The Bertz CT molecular complexity index is 666. The number of nitrogens with one attached hydrogen (secondary N) is 1. The number of rotatable bonds is 6. The second kappa shape index (κ2) is 8.99. The van der Waals surface area contributed by atoms with E-state index in [2.05, 4.69) is 30.5 Å². The summed E-state index contributed by atoms with van der Waals surface area (Å²) in [6.45, 7) is 2.11. The van der Waals surface area contributed by atoms with Crippen molar-refractivity contribution in [1.82, 2.24) is 9.71 Å². The zero-order valence-corrected chi connectivity index (χ0v) is 17.6. The van der Waals surface area contributed by atoms with E-state index in [9.17, 15) is 8.42 Å². The lowest BCUT2D eigenvalue weighted by Crippen LogP contribution is -2.52. The Labute approximate surface area is 164 Å². The van der Waals surface area contributed by atoms with Crippen LogP contribution in [0.2, 0.25) is 0 Å². The van der Waals surface area contributed by atoms with E-state index in [1.54, 1.807) is 6.20 Å². The van der Waals surface area contributed by atoms with Gasteiger partial charge in [0, 0.05) is 36.1 Å². The Kier molecular flexibility index (Phi) is 6.93. The third kappa shape index (κ3) is 5.90. The van der Waals surface area contributed by atoms with Crippen LogP contribution < -0.4 is 9.62 Å². The van der Waals surface area contributed by atoms with Crippen LogP contribution in [0, 0.1) is 5.92 Å². The summed E-state index contributed by atoms with van der Waals surface area (Å²) in [6.07, 6.45) is 8.47. The maximum absolute atomic E-state index is 11.8. The van der Waals surface area contributed by atoms with Crippen LogP contribution in [-0.2, 0) is 14.8 Å². The number of piperidine rings is 1. The largest absolute Gasteiger partial charge is 0.378 e. The molecule has 2 aliphatic rings. The highest BCUT2D eigenvalue weighted by Crippen LogP contribution is 2.28. The highest BCUT2D eigenvalue weighted by atomic mass is 79.9. The summed E-state index contributed by atoms with van der Waals surface area (Å²) in [4.78, 5) is 7.27. The molecule has 3 rings (SSSR count). The molecule has 146 valence electrons. The van der Waals surface area contributed by atoms with Crippen molar-refractivity contribution in [2.45, 2.75) is 49.1 Å². The van der Waals surface area contributed by atoms with E-state index in [-0.39, 0.29) is 18.1 Å². The Balaban J connectivity index is 1.63. The first kappa shape index (κ1) is 20.0. The minimum absolute atomic E-state index is 0.0857. The van der Waals surface area contributed by atoms with Crippen LogP contribution in [0.5, 0.6) is 0 Å². The zero-order valence-electron chi connectivity index (χ0n) is 15.2. The minimum atomic E-state index is -3.24. The fraction of sp³-hybridized carbons (Fsp3) is 0.722. The van der Waals surface area contributed by atoms with Crippen LogP contribution >= 0.6 is 15.9 Å². The second-order valence-corrected chi connectivity index (χ2v) is 10.5. The third-order valence-corrected chi connectivity index (χ3v) is 6.87. The average molecular weight is 446 g/mol. The van der Waals surface area contributed by atoms with Gasteiger partial charge < -0.3 is 9.64 Å². The normalized spacial score (nSPS) is 30.3. The third-order valence-electron chi connectivity index (χ3n) is 5.22. The Morgan fingerprint density at radius 2 is 2.04 bits per heavy atom. The maximum atomic E-state index is 11.8. The van der Waals surface area contributed by atoms with Gasteiger partial charge in [0.15, 0.2) is 0 Å². The van der Waals surface area contributed by atoms with Crippen molar-refractivity contribution in [3.05, 3.63) is 24.4 Å². The van der Waals surface area contributed by atoms with Gasteiger partial charge in [-0.1, -0.05) is 22.0 Å². The molecule has 6 nitrogen and oxygen atoms in total. The first-order valence-electron chi connectivity index (χ1n) is 9.29. The van der Waals surface area contributed by atoms with Crippen LogP contribution in [0.1, 0.15) is 32.1 Å². The first-order valence-corrected chi connectivity index (χ1v) is 12.1. The molecular formula is C18H28BrN3O3S. The lowest BCUT2D eigenvalue weighted by atomic mass is 9.93. The molecule has 1 aromatic rings. The van der Waals surface area contributed by atoms with Crippen LogP contribution in [0.3, 0.4) is 0 Å². The molecule has 2 fully saturated rings. The SMILES string of the molecule is CS(=O)(=O)N[C@@H]1CCN(c2ccccn2)C[C@H]1COC1CCC(Br)CC1. The fourth-order valence-electron chi connectivity index (χ4n) is 3.83. The average Bonchev–Trinajstić information content (AvgIpc) is 2.62. The van der Waals surface area contributed by atoms with Gasteiger partial charge in [-0.3, -0.25) is 0 Å². The smallest absolute Gasteiger partial charge is 0.208 e. The zero-order chi connectivity index (χ0) is 18.6. The number of anilines is 1. The molecule has 1 aliphatic carbocycles. The number of ether oxygens (including phenoxy) is 1. The van der Waals surface area contributed by atoms with E-state index >= 15 is 0 Å². The van der Waals surface area contributed by atoms with Gasteiger partial charge in [-0.2, -0.15) is 0 Å². The molecule has 1 saturated heterocycles. The molecule has 1 aromatic heterocycles. The van der Waals surface area contributed by atoms with Crippen molar-refractivity contribution in [1.29, 1.82) is 0 Å². The van der Waals surface area contributed by atoms with Crippen molar-refractivity contribution in [3.8, 4) is 0 Å². The number of aromatic nitrogens is 1. The Hall–Kier alpha value is -0.700. The molecular weight excluding hydrogens is 418 g/mol. The second-order valence-electron chi connectivity index (χ2n) is 7.39. The van der Waals surface area contributed by atoms with Gasteiger partial charge in [0.05, 0.1) is 19.0 Å². The van der Waals surface area contributed by atoms with Crippen molar-refractivity contribution in [2.75, 3.05) is 30.9 Å². The monoisotopic (exact) mass is 445 g/mol. The predicted molar refractivity (Wildman–Crippen MR) is 107 cm³/mol. The molecule has 0 aromatic carbocycles. The minimum Gasteiger partial charge on any atom is -0.378 e. The van der Waals surface area contributed by atoms with Gasteiger partial charge in [-0.15, -0.1) is 0 Å². The van der Waals surface area contributed by atoms with Crippen molar-refractivity contribution in [2.24, 2.45) is 5.92 Å². The van der Waals surface area contributed by atoms with Crippen molar-refractivity contribution >= 4 is 31.8 Å². The molecule has 2 atom stereocenters. The van der Waals surface area contributed by atoms with E-state index in [0.717, 1.165) is 51.0 Å². The number of sulfonamides is 1. The summed E-state index contributed by atoms with van der Waals surface area (Å²) in [6, 6.07) is 5.80. The lowest BCUT2D eigenvalue weighted by Gasteiger charge is -2.39. The highest BCUT2D eigenvalue weighted by molar-refractivity contribution is 9.09. The van der Waals surface area contributed by atoms with Crippen molar-refractivity contribution in [3.63, 3.8) is 0 Å². The molecule has 1 aliphatic heterocycles. The van der Waals surface area contributed by atoms with Crippen LogP contribution in [0.25, 0.3) is 0 Å². The first-order chi connectivity index (χ1) is 12.4. The standard InChI is InChI=1S/C18H28BrN3O3S/c1-26(23,24)21-17-9-11-22(18-4-2-3-10-20-18)12-14(17)13-25-16-7-5-15(19)6-8-16/h2-4,10,14-17,21H,5-9,11-13H2,1H3/t14-,15?,16?,17+/m0/s1. The topological polar surface area (TPSA) is 71.5 Å². The Morgan fingerprint density at radius 1 is 1.27 bits per heavy atom. The van der Waals surface area contributed by atoms with Gasteiger partial charge in [0.25, 0.3) is 0 Å². The summed E-state index contributed by atoms with van der Waals surface area (Å²) >= 11 is 3.67. The summed E-state index contributed by atoms with van der Waals surface area (Å²) in [5.41, 5.74) is 0. The van der Waals surface area contributed by atoms with Gasteiger partial charge in [0.2, 0.25) is 10.0 Å². The number of hydrogen-bond donors (Lipinski definition) is 1. The molecule has 0 amide bonds. The number of alkyl halides is 1. The van der Waals surface area contributed by atoms with E-state index in [4.69, 9.17) is 4.74 Å². The van der Waals surface area contributed by atoms with Gasteiger partial charge in [-0.05, 0) is 44.2 Å². The number of pyridine rings is 1. The van der Waals surface area contributed by atoms with Crippen LogP contribution in [0.4, 0.5) is 5.82 Å². The molecule has 2 heterocycles. The van der Waals surface area contributed by atoms with Gasteiger partial charge >= 0.3 is 0 Å². The predicted octanol–water partition coefficient (Wildman–Crippen LogP) is 2.55. The summed E-state index contributed by atoms with van der Waals surface area (Å²) in [7, 11) is -3.24. The number of nitrogens with zero attached hydrogens (tertiary/aromatic N) is 2.